The van der Waals surface area contributed by atoms with E-state index < -0.39 is 0 Å². The van der Waals surface area contributed by atoms with Crippen molar-refractivity contribution in [1.82, 2.24) is 30.4 Å². The van der Waals surface area contributed by atoms with Crippen molar-refractivity contribution in [2.45, 2.75) is 38.9 Å². The highest BCUT2D eigenvalue weighted by Gasteiger charge is 2.34. The molecule has 152 valence electrons. The molecule has 29 heavy (non-hydrogen) atoms. The lowest BCUT2D eigenvalue weighted by Crippen LogP contribution is -2.57. The van der Waals surface area contributed by atoms with Crippen molar-refractivity contribution in [3.05, 3.63) is 59.7 Å². The average molecular weight is 393 g/mol. The third-order valence-corrected chi connectivity index (χ3v) is 5.92. The van der Waals surface area contributed by atoms with E-state index in [-0.39, 0.29) is 6.04 Å². The summed E-state index contributed by atoms with van der Waals surface area (Å²) in [6.07, 6.45) is 0. The number of phenols is 1. The number of tetrazole rings is 1. The summed E-state index contributed by atoms with van der Waals surface area (Å²) >= 11 is 0. The molecule has 1 aliphatic rings. The molecule has 1 aliphatic heterocycles. The standard InChI is InChI=1S/C22H28N6O/c1-4-27-13-16(3)28(14-15(27)2)21(19-6-5-7-20(29)12-19)17-8-10-18(11-9-17)22-23-25-26-24-22/h5-12,15-16,21,29H,4,13-14H2,1-3H3,(H,23,24,25,26)/t15-,16+,21-/m1/s1. The van der Waals surface area contributed by atoms with E-state index in [2.05, 4.69) is 69.4 Å². The number of hydrogen-bond acceptors (Lipinski definition) is 6. The summed E-state index contributed by atoms with van der Waals surface area (Å²) in [5.74, 6) is 0.882. The highest BCUT2D eigenvalue weighted by atomic mass is 16.3. The van der Waals surface area contributed by atoms with E-state index in [1.807, 2.05) is 24.3 Å². The van der Waals surface area contributed by atoms with Crippen molar-refractivity contribution < 1.29 is 5.11 Å². The molecule has 0 radical (unpaired) electrons. The Kier molecular flexibility index (Phi) is 5.60. The van der Waals surface area contributed by atoms with Crippen LogP contribution < -0.4 is 0 Å². The summed E-state index contributed by atoms with van der Waals surface area (Å²) in [4.78, 5) is 5.08. The number of piperazine rings is 1. The molecule has 4 rings (SSSR count). The van der Waals surface area contributed by atoms with E-state index >= 15 is 0 Å². The molecule has 0 bridgehead atoms. The van der Waals surface area contributed by atoms with E-state index in [1.54, 1.807) is 6.07 Å². The Labute approximate surface area is 171 Å². The van der Waals surface area contributed by atoms with Crippen molar-refractivity contribution in [1.29, 1.82) is 0 Å². The minimum Gasteiger partial charge on any atom is -0.508 e. The zero-order valence-corrected chi connectivity index (χ0v) is 17.2. The van der Waals surface area contributed by atoms with E-state index in [9.17, 15) is 5.11 Å². The zero-order chi connectivity index (χ0) is 20.4. The molecule has 1 aromatic heterocycles. The van der Waals surface area contributed by atoms with Crippen LogP contribution in [0.1, 0.15) is 37.9 Å². The number of aromatic nitrogens is 4. The third kappa shape index (κ3) is 4.02. The fraction of sp³-hybridized carbons (Fsp3) is 0.409. The van der Waals surface area contributed by atoms with Gasteiger partial charge in [-0.2, -0.15) is 5.21 Å². The SMILES string of the molecule is CCN1C[C@H](C)N([C@H](c2ccc(-c3nn[nH]n3)cc2)c2cccc(O)c2)C[C@H]1C. The summed E-state index contributed by atoms with van der Waals surface area (Å²) in [5.41, 5.74) is 3.21. The van der Waals surface area contributed by atoms with Gasteiger partial charge in [-0.1, -0.05) is 43.3 Å². The van der Waals surface area contributed by atoms with E-state index in [4.69, 9.17) is 0 Å². The van der Waals surface area contributed by atoms with Crippen LogP contribution in [-0.4, -0.2) is 67.2 Å². The van der Waals surface area contributed by atoms with Crippen LogP contribution >= 0.6 is 0 Å². The molecule has 0 saturated carbocycles. The summed E-state index contributed by atoms with van der Waals surface area (Å²) in [7, 11) is 0. The van der Waals surface area contributed by atoms with E-state index in [0.717, 1.165) is 30.8 Å². The number of nitrogens with one attached hydrogen (secondary N) is 1. The lowest BCUT2D eigenvalue weighted by atomic mass is 9.93. The number of rotatable bonds is 5. The van der Waals surface area contributed by atoms with Crippen LogP contribution in [0.4, 0.5) is 0 Å². The molecule has 2 heterocycles. The Bertz CT molecular complexity index is 927. The normalized spacial score (nSPS) is 21.9. The topological polar surface area (TPSA) is 81.2 Å². The third-order valence-electron chi connectivity index (χ3n) is 5.92. The summed E-state index contributed by atoms with van der Waals surface area (Å²) in [5, 5.41) is 24.4. The predicted octanol–water partition coefficient (Wildman–Crippen LogP) is 3.08. The zero-order valence-electron chi connectivity index (χ0n) is 17.2. The van der Waals surface area contributed by atoms with Crippen LogP contribution in [0.5, 0.6) is 5.75 Å². The smallest absolute Gasteiger partial charge is 0.204 e. The number of H-pyrrole nitrogens is 1. The van der Waals surface area contributed by atoms with E-state index in [1.165, 1.54) is 5.56 Å². The Balaban J connectivity index is 1.71. The van der Waals surface area contributed by atoms with Gasteiger partial charge in [0.2, 0.25) is 5.82 Å². The summed E-state index contributed by atoms with van der Waals surface area (Å²) in [6, 6.07) is 16.9. The molecule has 1 saturated heterocycles. The molecule has 7 heteroatoms. The maximum absolute atomic E-state index is 10.1. The lowest BCUT2D eigenvalue weighted by molar-refractivity contribution is 0.0271. The molecule has 0 amide bonds. The van der Waals surface area contributed by atoms with Crippen molar-refractivity contribution >= 4 is 0 Å². The highest BCUT2D eigenvalue weighted by Crippen LogP contribution is 2.35. The molecule has 0 aliphatic carbocycles. The molecular formula is C22H28N6O. The first-order valence-corrected chi connectivity index (χ1v) is 10.2. The van der Waals surface area contributed by atoms with Crippen molar-refractivity contribution in [3.63, 3.8) is 0 Å². The molecule has 3 atom stereocenters. The fourth-order valence-electron chi connectivity index (χ4n) is 4.39. The molecule has 0 unspecified atom stereocenters. The quantitative estimate of drug-likeness (QED) is 0.695. The van der Waals surface area contributed by atoms with Crippen LogP contribution in [0, 0.1) is 0 Å². The molecule has 0 spiro atoms. The lowest BCUT2D eigenvalue weighted by Gasteiger charge is -2.47. The number of aromatic amines is 1. The summed E-state index contributed by atoms with van der Waals surface area (Å²) < 4.78 is 0. The first kappa shape index (κ1) is 19.5. The monoisotopic (exact) mass is 392 g/mol. The van der Waals surface area contributed by atoms with Gasteiger partial charge in [0.25, 0.3) is 0 Å². The maximum atomic E-state index is 10.1. The van der Waals surface area contributed by atoms with E-state index in [0.29, 0.717) is 23.7 Å². The van der Waals surface area contributed by atoms with Gasteiger partial charge < -0.3 is 5.11 Å². The molecular weight excluding hydrogens is 364 g/mol. The maximum Gasteiger partial charge on any atom is 0.204 e. The van der Waals surface area contributed by atoms with Gasteiger partial charge in [0.15, 0.2) is 0 Å². The van der Waals surface area contributed by atoms with Crippen LogP contribution in [0.3, 0.4) is 0 Å². The number of nitrogens with zero attached hydrogens (tertiary/aromatic N) is 5. The van der Waals surface area contributed by atoms with Gasteiger partial charge in [-0.05, 0) is 48.9 Å². The molecule has 2 aromatic carbocycles. The second-order valence-electron chi connectivity index (χ2n) is 7.84. The van der Waals surface area contributed by atoms with Crippen molar-refractivity contribution in [3.8, 4) is 17.1 Å². The second kappa shape index (κ2) is 8.31. The second-order valence-corrected chi connectivity index (χ2v) is 7.84. The molecule has 2 N–H and O–H groups in total. The summed E-state index contributed by atoms with van der Waals surface area (Å²) in [6.45, 7) is 9.88. The van der Waals surface area contributed by atoms with Gasteiger partial charge in [0.05, 0.1) is 6.04 Å². The number of likely N-dealkylation sites (N-methyl/N-ethyl adjacent to an activating group) is 1. The number of hydrogen-bond donors (Lipinski definition) is 2. The Hall–Kier alpha value is -2.77. The van der Waals surface area contributed by atoms with Crippen LogP contribution in [0.2, 0.25) is 0 Å². The first-order valence-electron chi connectivity index (χ1n) is 10.2. The number of phenolic OH excluding ortho intramolecular Hbond substituents is 1. The fourth-order valence-corrected chi connectivity index (χ4v) is 4.39. The van der Waals surface area contributed by atoms with Gasteiger partial charge in [0, 0.05) is 30.7 Å². The number of benzene rings is 2. The van der Waals surface area contributed by atoms with Gasteiger partial charge in [-0.15, -0.1) is 10.2 Å². The average Bonchev–Trinajstić information content (AvgIpc) is 3.26. The first-order chi connectivity index (χ1) is 14.1. The van der Waals surface area contributed by atoms with Crippen LogP contribution in [0.25, 0.3) is 11.4 Å². The van der Waals surface area contributed by atoms with Gasteiger partial charge in [0.1, 0.15) is 5.75 Å². The predicted molar refractivity (Wildman–Crippen MR) is 112 cm³/mol. The van der Waals surface area contributed by atoms with Crippen LogP contribution in [0.15, 0.2) is 48.5 Å². The largest absolute Gasteiger partial charge is 0.508 e. The van der Waals surface area contributed by atoms with Crippen LogP contribution in [-0.2, 0) is 0 Å². The Morgan fingerprint density at radius 3 is 2.52 bits per heavy atom. The van der Waals surface area contributed by atoms with Crippen molar-refractivity contribution in [2.75, 3.05) is 19.6 Å². The Morgan fingerprint density at radius 1 is 1.07 bits per heavy atom. The van der Waals surface area contributed by atoms with Gasteiger partial charge >= 0.3 is 0 Å². The molecule has 1 fully saturated rings. The molecule has 3 aromatic rings. The minimum absolute atomic E-state index is 0.0675. The highest BCUT2D eigenvalue weighted by molar-refractivity contribution is 5.55. The van der Waals surface area contributed by atoms with Gasteiger partial charge in [-0.25, -0.2) is 0 Å². The molecule has 7 nitrogen and oxygen atoms in total. The van der Waals surface area contributed by atoms with Gasteiger partial charge in [-0.3, -0.25) is 9.80 Å². The van der Waals surface area contributed by atoms with Crippen molar-refractivity contribution in [2.24, 2.45) is 0 Å². The minimum atomic E-state index is 0.0675. The Morgan fingerprint density at radius 2 is 1.86 bits per heavy atom. The number of aromatic hydroxyl groups is 1.